The van der Waals surface area contributed by atoms with Gasteiger partial charge in [-0.1, -0.05) is 29.8 Å². The van der Waals surface area contributed by atoms with Crippen LogP contribution >= 0.6 is 34.7 Å². The third kappa shape index (κ3) is 3.17. The normalized spacial score (nSPS) is 14.9. The number of amides is 1. The van der Waals surface area contributed by atoms with Crippen LogP contribution in [0.4, 0.5) is 0 Å². The molecule has 0 radical (unpaired) electrons. The van der Waals surface area contributed by atoms with Crippen molar-refractivity contribution in [3.05, 3.63) is 34.2 Å². The fourth-order valence-electron chi connectivity index (χ4n) is 2.05. The van der Waals surface area contributed by atoms with Crippen molar-refractivity contribution in [3.8, 4) is 0 Å². The van der Waals surface area contributed by atoms with E-state index in [9.17, 15) is 9.59 Å². The van der Waals surface area contributed by atoms with Crippen LogP contribution in [0.1, 0.15) is 4.88 Å². The van der Waals surface area contributed by atoms with Crippen LogP contribution < -0.4 is 0 Å². The Labute approximate surface area is 135 Å². The first-order valence-electron chi connectivity index (χ1n) is 6.32. The number of carbonyl (C=O) groups is 2. The summed E-state index contributed by atoms with van der Waals surface area (Å²) in [5.74, 6) is 0.573. The Hall–Kier alpha value is -1.24. The molecule has 1 amide bonds. The van der Waals surface area contributed by atoms with E-state index in [1.807, 2.05) is 24.3 Å². The summed E-state index contributed by atoms with van der Waals surface area (Å²) in [6.07, 6.45) is 0. The Morgan fingerprint density at radius 2 is 2.19 bits per heavy atom. The lowest BCUT2D eigenvalue weighted by Crippen LogP contribution is -2.32. The molecule has 1 aliphatic rings. The van der Waals surface area contributed by atoms with Crippen molar-refractivity contribution in [1.29, 1.82) is 0 Å². The number of nitrogens with zero attached hydrogens (tertiary/aromatic N) is 1. The fourth-order valence-corrected chi connectivity index (χ4v) is 4.35. The van der Waals surface area contributed by atoms with Gasteiger partial charge in [-0.3, -0.25) is 9.59 Å². The molecule has 0 bridgehead atoms. The van der Waals surface area contributed by atoms with E-state index >= 15 is 0 Å². The van der Waals surface area contributed by atoms with Gasteiger partial charge >= 0.3 is 5.97 Å². The Morgan fingerprint density at radius 1 is 1.38 bits per heavy atom. The van der Waals surface area contributed by atoms with Crippen LogP contribution in [0, 0.1) is 0 Å². The van der Waals surface area contributed by atoms with Crippen molar-refractivity contribution in [2.45, 2.75) is 6.61 Å². The van der Waals surface area contributed by atoms with Gasteiger partial charge in [0, 0.05) is 10.1 Å². The van der Waals surface area contributed by atoms with Gasteiger partial charge in [0.25, 0.3) is 0 Å². The number of hydrogen-bond acceptors (Lipinski definition) is 5. The summed E-state index contributed by atoms with van der Waals surface area (Å²) in [5.41, 5.74) is 0. The molecule has 2 aromatic rings. The first-order valence-corrected chi connectivity index (χ1v) is 8.67. The maximum absolute atomic E-state index is 11.8. The van der Waals surface area contributed by atoms with Gasteiger partial charge in [-0.25, -0.2) is 0 Å². The molecular formula is C14H12ClNO3S2. The topological polar surface area (TPSA) is 46.6 Å². The predicted molar refractivity (Wildman–Crippen MR) is 85.7 cm³/mol. The van der Waals surface area contributed by atoms with Crippen molar-refractivity contribution < 1.29 is 14.3 Å². The molecule has 110 valence electrons. The molecule has 1 fully saturated rings. The van der Waals surface area contributed by atoms with Crippen LogP contribution in [0.5, 0.6) is 0 Å². The van der Waals surface area contributed by atoms with Crippen LogP contribution in [0.25, 0.3) is 10.1 Å². The molecule has 0 atom stereocenters. The molecule has 1 saturated heterocycles. The smallest absolute Gasteiger partial charge is 0.326 e. The molecule has 0 aliphatic carbocycles. The van der Waals surface area contributed by atoms with Gasteiger partial charge in [0.15, 0.2) is 0 Å². The average molecular weight is 342 g/mol. The molecule has 2 heterocycles. The maximum Gasteiger partial charge on any atom is 0.326 e. The summed E-state index contributed by atoms with van der Waals surface area (Å²) >= 11 is 9.30. The van der Waals surface area contributed by atoms with Crippen molar-refractivity contribution in [2.24, 2.45) is 0 Å². The van der Waals surface area contributed by atoms with E-state index in [1.54, 1.807) is 0 Å². The summed E-state index contributed by atoms with van der Waals surface area (Å²) in [6, 6.07) is 7.80. The summed E-state index contributed by atoms with van der Waals surface area (Å²) in [6.45, 7) is 0.153. The number of esters is 1. The summed E-state index contributed by atoms with van der Waals surface area (Å²) in [4.78, 5) is 25.5. The molecule has 4 nitrogen and oxygen atoms in total. The molecule has 0 N–H and O–H groups in total. The number of halogens is 1. The number of thiophene rings is 1. The van der Waals surface area contributed by atoms with Gasteiger partial charge in [0.1, 0.15) is 13.2 Å². The van der Waals surface area contributed by atoms with Gasteiger partial charge in [-0.05, 0) is 6.07 Å². The number of rotatable bonds is 4. The number of carbonyl (C=O) groups excluding carboxylic acids is 2. The molecule has 7 heteroatoms. The zero-order valence-electron chi connectivity index (χ0n) is 11.0. The minimum absolute atomic E-state index is 0.00828. The largest absolute Gasteiger partial charge is 0.459 e. The zero-order valence-corrected chi connectivity index (χ0v) is 13.4. The van der Waals surface area contributed by atoms with Crippen LogP contribution in [0.15, 0.2) is 24.3 Å². The Morgan fingerprint density at radius 3 is 2.90 bits per heavy atom. The van der Waals surface area contributed by atoms with Gasteiger partial charge < -0.3 is 9.64 Å². The molecule has 21 heavy (non-hydrogen) atoms. The van der Waals surface area contributed by atoms with Gasteiger partial charge in [-0.2, -0.15) is 0 Å². The Bertz CT molecular complexity index is 701. The molecule has 0 saturated carbocycles. The molecule has 1 aromatic heterocycles. The monoisotopic (exact) mass is 341 g/mol. The maximum atomic E-state index is 11.8. The molecular weight excluding hydrogens is 330 g/mol. The second kappa shape index (κ2) is 6.25. The highest BCUT2D eigenvalue weighted by molar-refractivity contribution is 8.00. The van der Waals surface area contributed by atoms with E-state index in [4.69, 9.17) is 16.3 Å². The molecule has 3 rings (SSSR count). The molecule has 0 spiro atoms. The summed E-state index contributed by atoms with van der Waals surface area (Å²) < 4.78 is 6.30. The lowest BCUT2D eigenvalue weighted by molar-refractivity contribution is -0.148. The number of ether oxygens (including phenoxy) is 1. The minimum atomic E-state index is -0.403. The predicted octanol–water partition coefficient (Wildman–Crippen LogP) is 3.13. The van der Waals surface area contributed by atoms with Crippen molar-refractivity contribution in [3.63, 3.8) is 0 Å². The van der Waals surface area contributed by atoms with Crippen LogP contribution in [-0.4, -0.2) is 35.0 Å². The van der Waals surface area contributed by atoms with Gasteiger partial charge in [-0.15, -0.1) is 23.1 Å². The standard InChI is InChI=1S/C14H12ClNO3S2/c15-14-9-3-1-2-4-10(9)21-11(14)6-19-13(18)5-16-8-20-7-12(16)17/h1-4H,5-8H2. The molecule has 1 aliphatic heterocycles. The Kier molecular flexibility index (Phi) is 4.37. The Balaban J connectivity index is 1.62. The second-order valence-corrected chi connectivity index (χ2v) is 7.04. The zero-order chi connectivity index (χ0) is 14.8. The fraction of sp³-hybridized carbons (Fsp3) is 0.286. The summed E-state index contributed by atoms with van der Waals surface area (Å²) in [5, 5.41) is 1.61. The van der Waals surface area contributed by atoms with E-state index in [0.717, 1.165) is 15.0 Å². The van der Waals surface area contributed by atoms with Gasteiger partial charge in [0.2, 0.25) is 5.91 Å². The third-order valence-electron chi connectivity index (χ3n) is 3.11. The van der Waals surface area contributed by atoms with E-state index in [0.29, 0.717) is 16.7 Å². The van der Waals surface area contributed by atoms with E-state index in [-0.39, 0.29) is 19.1 Å². The van der Waals surface area contributed by atoms with Gasteiger partial charge in [0.05, 0.1) is 21.5 Å². The highest BCUT2D eigenvalue weighted by Crippen LogP contribution is 2.35. The number of benzene rings is 1. The first-order chi connectivity index (χ1) is 10.1. The van der Waals surface area contributed by atoms with Crippen LogP contribution in [0.3, 0.4) is 0 Å². The van der Waals surface area contributed by atoms with E-state index < -0.39 is 5.97 Å². The number of fused-ring (bicyclic) bond motifs is 1. The second-order valence-electron chi connectivity index (χ2n) is 4.57. The van der Waals surface area contributed by atoms with E-state index in [1.165, 1.54) is 28.0 Å². The highest BCUT2D eigenvalue weighted by atomic mass is 35.5. The first kappa shape index (κ1) is 14.7. The summed E-state index contributed by atoms with van der Waals surface area (Å²) in [7, 11) is 0. The quantitative estimate of drug-likeness (QED) is 0.802. The average Bonchev–Trinajstić information content (AvgIpc) is 3.02. The van der Waals surface area contributed by atoms with Crippen molar-refractivity contribution in [1.82, 2.24) is 4.90 Å². The third-order valence-corrected chi connectivity index (χ3v) is 5.74. The number of hydrogen-bond donors (Lipinski definition) is 0. The minimum Gasteiger partial charge on any atom is -0.459 e. The van der Waals surface area contributed by atoms with E-state index in [2.05, 4.69) is 0 Å². The highest BCUT2D eigenvalue weighted by Gasteiger charge is 2.23. The number of thioether (sulfide) groups is 1. The van der Waals surface area contributed by atoms with Crippen molar-refractivity contribution >= 4 is 56.7 Å². The van der Waals surface area contributed by atoms with Crippen molar-refractivity contribution in [2.75, 3.05) is 18.2 Å². The van der Waals surface area contributed by atoms with Crippen LogP contribution in [-0.2, 0) is 20.9 Å². The molecule has 0 unspecified atom stereocenters. The lowest BCUT2D eigenvalue weighted by atomic mass is 10.2. The SMILES string of the molecule is O=C(CN1CSCC1=O)OCc1sc2ccccc2c1Cl. The lowest BCUT2D eigenvalue weighted by Gasteiger charge is -2.13. The van der Waals surface area contributed by atoms with Crippen LogP contribution in [0.2, 0.25) is 5.02 Å². The molecule has 1 aromatic carbocycles.